The van der Waals surface area contributed by atoms with E-state index in [1.807, 2.05) is 29.0 Å². The number of benzene rings is 1. The molecule has 0 aliphatic heterocycles. The molecular formula is C14H15ClN2O2S. The van der Waals surface area contributed by atoms with Gasteiger partial charge in [0.2, 0.25) is 0 Å². The van der Waals surface area contributed by atoms with E-state index >= 15 is 0 Å². The van der Waals surface area contributed by atoms with E-state index in [-0.39, 0.29) is 0 Å². The van der Waals surface area contributed by atoms with Gasteiger partial charge in [-0.05, 0) is 35.7 Å². The maximum absolute atomic E-state index is 5.78. The molecule has 0 bridgehead atoms. The Labute approximate surface area is 126 Å². The molecule has 6 heteroatoms. The minimum Gasteiger partial charge on any atom is -0.493 e. The molecule has 0 saturated carbocycles. The summed E-state index contributed by atoms with van der Waals surface area (Å²) in [5.41, 5.74) is 6.63. The van der Waals surface area contributed by atoms with Crippen LogP contribution in [-0.2, 0) is 4.84 Å². The molecule has 0 unspecified atom stereocenters. The first-order valence-corrected chi connectivity index (χ1v) is 7.44. The van der Waals surface area contributed by atoms with Crippen molar-refractivity contribution in [2.24, 2.45) is 10.9 Å². The molecule has 2 N–H and O–H groups in total. The summed E-state index contributed by atoms with van der Waals surface area (Å²) in [6.45, 7) is 1.01. The van der Waals surface area contributed by atoms with Crippen LogP contribution in [-0.4, -0.2) is 19.0 Å². The smallest absolute Gasteiger partial charge is 0.171 e. The number of ether oxygens (including phenoxy) is 1. The SMILES string of the molecule is N/C(=N/OCCCOc1ccc(Cl)cc1)c1ccsc1. The van der Waals surface area contributed by atoms with Crippen LogP contribution in [0.2, 0.25) is 5.02 Å². The fraction of sp³-hybridized carbons (Fsp3) is 0.214. The quantitative estimate of drug-likeness (QED) is 0.368. The Hall–Kier alpha value is -1.72. The highest BCUT2D eigenvalue weighted by Gasteiger charge is 1.98. The predicted molar refractivity (Wildman–Crippen MR) is 82.6 cm³/mol. The van der Waals surface area contributed by atoms with Crippen molar-refractivity contribution >= 4 is 28.8 Å². The monoisotopic (exact) mass is 310 g/mol. The van der Waals surface area contributed by atoms with Crippen molar-refractivity contribution in [3.05, 3.63) is 51.7 Å². The van der Waals surface area contributed by atoms with E-state index in [4.69, 9.17) is 26.9 Å². The summed E-state index contributed by atoms with van der Waals surface area (Å²) in [5.74, 6) is 1.18. The van der Waals surface area contributed by atoms with E-state index in [0.29, 0.717) is 24.1 Å². The molecule has 1 aromatic heterocycles. The Bertz CT molecular complexity index is 541. The van der Waals surface area contributed by atoms with Gasteiger partial charge in [-0.25, -0.2) is 0 Å². The third-order valence-corrected chi connectivity index (χ3v) is 3.38. The fourth-order valence-corrected chi connectivity index (χ4v) is 2.20. The average Bonchev–Trinajstić information content (AvgIpc) is 2.98. The van der Waals surface area contributed by atoms with Crippen molar-refractivity contribution in [2.75, 3.05) is 13.2 Å². The minimum absolute atomic E-state index is 0.393. The molecule has 0 spiro atoms. The summed E-state index contributed by atoms with van der Waals surface area (Å²) >= 11 is 7.35. The maximum Gasteiger partial charge on any atom is 0.171 e. The van der Waals surface area contributed by atoms with Gasteiger partial charge in [-0.3, -0.25) is 0 Å². The first-order chi connectivity index (χ1) is 9.75. The summed E-state index contributed by atoms with van der Waals surface area (Å²) < 4.78 is 5.52. The third kappa shape index (κ3) is 4.75. The van der Waals surface area contributed by atoms with Gasteiger partial charge in [-0.2, -0.15) is 11.3 Å². The molecule has 2 rings (SSSR count). The van der Waals surface area contributed by atoms with Gasteiger partial charge < -0.3 is 15.3 Å². The number of nitrogens with two attached hydrogens (primary N) is 1. The van der Waals surface area contributed by atoms with Gasteiger partial charge in [0.15, 0.2) is 5.84 Å². The van der Waals surface area contributed by atoms with Crippen molar-refractivity contribution in [3.63, 3.8) is 0 Å². The van der Waals surface area contributed by atoms with Crippen molar-refractivity contribution in [3.8, 4) is 5.75 Å². The second-order valence-corrected chi connectivity index (χ2v) is 5.19. The van der Waals surface area contributed by atoms with Crippen LogP contribution in [0, 0.1) is 0 Å². The van der Waals surface area contributed by atoms with E-state index in [1.165, 1.54) is 0 Å². The Morgan fingerprint density at radius 3 is 2.70 bits per heavy atom. The largest absolute Gasteiger partial charge is 0.493 e. The lowest BCUT2D eigenvalue weighted by molar-refractivity contribution is 0.127. The number of amidine groups is 1. The van der Waals surface area contributed by atoms with Gasteiger partial charge in [0.25, 0.3) is 0 Å². The van der Waals surface area contributed by atoms with E-state index < -0.39 is 0 Å². The molecule has 106 valence electrons. The second-order valence-electron chi connectivity index (χ2n) is 3.98. The summed E-state index contributed by atoms with van der Waals surface area (Å²) in [6.07, 6.45) is 0.725. The molecule has 2 aromatic rings. The van der Waals surface area contributed by atoms with Gasteiger partial charge in [0.05, 0.1) is 6.61 Å². The molecular weight excluding hydrogens is 296 g/mol. The molecule has 0 atom stereocenters. The van der Waals surface area contributed by atoms with Gasteiger partial charge in [0, 0.05) is 22.4 Å². The predicted octanol–water partition coefficient (Wildman–Crippen LogP) is 3.51. The summed E-state index contributed by atoms with van der Waals surface area (Å²) in [7, 11) is 0. The van der Waals surface area contributed by atoms with Gasteiger partial charge >= 0.3 is 0 Å². The normalized spacial score (nSPS) is 11.3. The van der Waals surface area contributed by atoms with E-state index in [9.17, 15) is 0 Å². The highest BCUT2D eigenvalue weighted by molar-refractivity contribution is 7.08. The van der Waals surface area contributed by atoms with Gasteiger partial charge in [-0.15, -0.1) is 0 Å². The molecule has 0 saturated heterocycles. The minimum atomic E-state index is 0.393. The van der Waals surface area contributed by atoms with Crippen LogP contribution in [0.3, 0.4) is 0 Å². The van der Waals surface area contributed by atoms with Crippen molar-refractivity contribution in [2.45, 2.75) is 6.42 Å². The molecule has 0 radical (unpaired) electrons. The first kappa shape index (κ1) is 14.7. The number of hydrogen-bond acceptors (Lipinski definition) is 4. The molecule has 0 aliphatic rings. The fourth-order valence-electron chi connectivity index (χ4n) is 1.42. The number of rotatable bonds is 7. The lowest BCUT2D eigenvalue weighted by Gasteiger charge is -2.05. The Morgan fingerprint density at radius 1 is 1.20 bits per heavy atom. The maximum atomic E-state index is 5.78. The topological polar surface area (TPSA) is 56.8 Å². The van der Waals surface area contributed by atoms with Crippen LogP contribution in [0.5, 0.6) is 5.75 Å². The Kier molecular flexibility index (Phi) is 5.70. The highest BCUT2D eigenvalue weighted by Crippen LogP contribution is 2.15. The summed E-state index contributed by atoms with van der Waals surface area (Å²) in [6, 6.07) is 9.14. The van der Waals surface area contributed by atoms with Crippen molar-refractivity contribution < 1.29 is 9.57 Å². The van der Waals surface area contributed by atoms with E-state index in [0.717, 1.165) is 17.7 Å². The number of nitrogens with zero attached hydrogens (tertiary/aromatic N) is 1. The summed E-state index contributed by atoms with van der Waals surface area (Å²) in [4.78, 5) is 5.14. The molecule has 1 heterocycles. The summed E-state index contributed by atoms with van der Waals surface area (Å²) in [5, 5.41) is 8.41. The molecule has 1 aromatic carbocycles. The number of hydrogen-bond donors (Lipinski definition) is 1. The Morgan fingerprint density at radius 2 is 2.00 bits per heavy atom. The van der Waals surface area contributed by atoms with Gasteiger partial charge in [-0.1, -0.05) is 16.8 Å². The van der Waals surface area contributed by atoms with E-state index in [1.54, 1.807) is 23.5 Å². The van der Waals surface area contributed by atoms with Crippen molar-refractivity contribution in [1.29, 1.82) is 0 Å². The number of thiophene rings is 1. The molecule has 4 nitrogen and oxygen atoms in total. The lowest BCUT2D eigenvalue weighted by atomic mass is 10.3. The average molecular weight is 311 g/mol. The van der Waals surface area contributed by atoms with Crippen LogP contribution in [0.4, 0.5) is 0 Å². The van der Waals surface area contributed by atoms with Crippen LogP contribution in [0.15, 0.2) is 46.2 Å². The van der Waals surface area contributed by atoms with Crippen molar-refractivity contribution in [1.82, 2.24) is 0 Å². The zero-order valence-corrected chi connectivity index (χ0v) is 12.4. The number of oxime groups is 1. The molecule has 0 fully saturated rings. The van der Waals surface area contributed by atoms with Crippen LogP contribution in [0.1, 0.15) is 12.0 Å². The number of halogens is 1. The molecule has 0 aliphatic carbocycles. The Balaban J connectivity index is 1.62. The molecule has 0 amide bonds. The highest BCUT2D eigenvalue weighted by atomic mass is 35.5. The van der Waals surface area contributed by atoms with Gasteiger partial charge in [0.1, 0.15) is 12.4 Å². The second kappa shape index (κ2) is 7.77. The standard InChI is InChI=1S/C14H15ClN2O2S/c15-12-2-4-13(5-3-12)18-7-1-8-19-17-14(16)11-6-9-20-10-11/h2-6,9-10H,1,7-8H2,(H2,16,17). The zero-order valence-electron chi connectivity index (χ0n) is 10.8. The van der Waals surface area contributed by atoms with Crippen LogP contribution >= 0.6 is 22.9 Å². The van der Waals surface area contributed by atoms with Crippen LogP contribution < -0.4 is 10.5 Å². The van der Waals surface area contributed by atoms with Crippen LogP contribution in [0.25, 0.3) is 0 Å². The first-order valence-electron chi connectivity index (χ1n) is 6.12. The third-order valence-electron chi connectivity index (χ3n) is 2.44. The lowest BCUT2D eigenvalue weighted by Crippen LogP contribution is -2.13. The molecule has 20 heavy (non-hydrogen) atoms. The zero-order chi connectivity index (χ0) is 14.2. The van der Waals surface area contributed by atoms with E-state index in [2.05, 4.69) is 5.16 Å².